The van der Waals surface area contributed by atoms with Gasteiger partial charge in [-0.1, -0.05) is 20.8 Å². The molecule has 1 unspecified atom stereocenters. The number of carboxylic acids is 1. The van der Waals surface area contributed by atoms with Crippen molar-refractivity contribution in [2.75, 3.05) is 6.54 Å². The standard InChI is InChI=1S/C11H20N2O3/c1-11(2,3)8(10(15)16)13-9(14)7-5-4-6-12-7/h7-8,12H,4-6H2,1-3H3,(H,13,14)(H,15,16)/t7?,8-/m0/s1. The highest BCUT2D eigenvalue weighted by molar-refractivity contribution is 5.87. The smallest absolute Gasteiger partial charge is 0.326 e. The van der Waals surface area contributed by atoms with Gasteiger partial charge in [-0.25, -0.2) is 4.79 Å². The summed E-state index contributed by atoms with van der Waals surface area (Å²) in [6, 6.07) is -1.08. The second kappa shape index (κ2) is 4.82. The third-order valence-electron chi connectivity index (χ3n) is 2.78. The maximum Gasteiger partial charge on any atom is 0.326 e. The summed E-state index contributed by atoms with van der Waals surface area (Å²) in [5, 5.41) is 14.7. The zero-order valence-electron chi connectivity index (χ0n) is 10.0. The summed E-state index contributed by atoms with van der Waals surface area (Å²) in [6.45, 7) is 6.22. The molecule has 92 valence electrons. The van der Waals surface area contributed by atoms with Crippen molar-refractivity contribution in [1.29, 1.82) is 0 Å². The van der Waals surface area contributed by atoms with Crippen LogP contribution < -0.4 is 10.6 Å². The summed E-state index contributed by atoms with van der Waals surface area (Å²) in [6.07, 6.45) is 1.74. The van der Waals surface area contributed by atoms with Crippen molar-refractivity contribution < 1.29 is 14.7 Å². The summed E-state index contributed by atoms with van der Waals surface area (Å²) < 4.78 is 0. The van der Waals surface area contributed by atoms with Crippen LogP contribution in [-0.4, -0.2) is 35.6 Å². The molecular weight excluding hydrogens is 208 g/mol. The van der Waals surface area contributed by atoms with E-state index in [0.29, 0.717) is 0 Å². The average molecular weight is 228 g/mol. The predicted octanol–water partition coefficient (Wildman–Crippen LogP) is 0.354. The van der Waals surface area contributed by atoms with E-state index in [2.05, 4.69) is 10.6 Å². The molecule has 0 aliphatic carbocycles. The predicted molar refractivity (Wildman–Crippen MR) is 60.0 cm³/mol. The molecule has 16 heavy (non-hydrogen) atoms. The quantitative estimate of drug-likeness (QED) is 0.651. The minimum atomic E-state index is -0.987. The minimum Gasteiger partial charge on any atom is -0.480 e. The maximum atomic E-state index is 11.8. The van der Waals surface area contributed by atoms with Crippen LogP contribution in [0.25, 0.3) is 0 Å². The highest BCUT2D eigenvalue weighted by Crippen LogP contribution is 2.20. The van der Waals surface area contributed by atoms with E-state index >= 15 is 0 Å². The van der Waals surface area contributed by atoms with Crippen LogP contribution in [0, 0.1) is 5.41 Å². The molecule has 3 N–H and O–H groups in total. The molecule has 0 saturated carbocycles. The van der Waals surface area contributed by atoms with Crippen LogP contribution >= 0.6 is 0 Å². The minimum absolute atomic E-state index is 0.208. The van der Waals surface area contributed by atoms with Gasteiger partial charge in [0.05, 0.1) is 6.04 Å². The van der Waals surface area contributed by atoms with Gasteiger partial charge in [-0.15, -0.1) is 0 Å². The molecule has 1 fully saturated rings. The van der Waals surface area contributed by atoms with Crippen molar-refractivity contribution in [2.45, 2.75) is 45.7 Å². The fourth-order valence-electron chi connectivity index (χ4n) is 1.80. The lowest BCUT2D eigenvalue weighted by Gasteiger charge is -2.28. The van der Waals surface area contributed by atoms with Gasteiger partial charge in [0.15, 0.2) is 0 Å². The number of hydrogen-bond acceptors (Lipinski definition) is 3. The highest BCUT2D eigenvalue weighted by Gasteiger charge is 2.34. The second-order valence-corrected chi connectivity index (χ2v) is 5.29. The van der Waals surface area contributed by atoms with Crippen molar-refractivity contribution in [1.82, 2.24) is 10.6 Å². The van der Waals surface area contributed by atoms with Gasteiger partial charge in [-0.3, -0.25) is 4.79 Å². The van der Waals surface area contributed by atoms with E-state index in [9.17, 15) is 9.59 Å². The van der Waals surface area contributed by atoms with E-state index in [0.717, 1.165) is 19.4 Å². The van der Waals surface area contributed by atoms with Crippen molar-refractivity contribution in [3.8, 4) is 0 Å². The molecule has 1 saturated heterocycles. The van der Waals surface area contributed by atoms with Crippen LogP contribution in [-0.2, 0) is 9.59 Å². The summed E-state index contributed by atoms with van der Waals surface area (Å²) in [4.78, 5) is 22.8. The fraction of sp³-hybridized carbons (Fsp3) is 0.818. The Morgan fingerprint density at radius 3 is 2.44 bits per heavy atom. The van der Waals surface area contributed by atoms with Crippen molar-refractivity contribution in [3.63, 3.8) is 0 Å². The van der Waals surface area contributed by atoms with E-state index in [1.165, 1.54) is 0 Å². The Morgan fingerprint density at radius 1 is 1.44 bits per heavy atom. The number of carbonyl (C=O) groups excluding carboxylic acids is 1. The maximum absolute atomic E-state index is 11.8. The van der Waals surface area contributed by atoms with Gasteiger partial charge in [0.1, 0.15) is 6.04 Å². The van der Waals surface area contributed by atoms with E-state index < -0.39 is 17.4 Å². The third kappa shape index (κ3) is 3.20. The van der Waals surface area contributed by atoms with Crippen LogP contribution in [0.15, 0.2) is 0 Å². The van der Waals surface area contributed by atoms with Gasteiger partial charge >= 0.3 is 5.97 Å². The molecular formula is C11H20N2O3. The number of carboxylic acid groups (broad SMARTS) is 1. The SMILES string of the molecule is CC(C)(C)[C@@H](NC(=O)C1CCCN1)C(=O)O. The topological polar surface area (TPSA) is 78.4 Å². The number of carbonyl (C=O) groups is 2. The Labute approximate surface area is 95.6 Å². The fourth-order valence-corrected chi connectivity index (χ4v) is 1.80. The molecule has 2 atom stereocenters. The van der Waals surface area contributed by atoms with Gasteiger partial charge in [-0.05, 0) is 24.8 Å². The number of amides is 1. The van der Waals surface area contributed by atoms with E-state index in [1.54, 1.807) is 20.8 Å². The molecule has 1 aliphatic heterocycles. The van der Waals surface area contributed by atoms with E-state index in [1.807, 2.05) is 0 Å². The first-order valence-electron chi connectivity index (χ1n) is 5.59. The van der Waals surface area contributed by atoms with Crippen LogP contribution in [0.2, 0.25) is 0 Å². The molecule has 0 aromatic carbocycles. The molecule has 1 rings (SSSR count). The van der Waals surface area contributed by atoms with Gasteiger partial charge in [-0.2, -0.15) is 0 Å². The zero-order chi connectivity index (χ0) is 12.3. The number of nitrogens with one attached hydrogen (secondary N) is 2. The van der Waals surface area contributed by atoms with Gasteiger partial charge in [0.2, 0.25) is 5.91 Å². The molecule has 0 radical (unpaired) electrons. The molecule has 5 heteroatoms. The van der Waals surface area contributed by atoms with Crippen molar-refractivity contribution in [2.24, 2.45) is 5.41 Å². The summed E-state index contributed by atoms with van der Waals surface area (Å²) in [5.41, 5.74) is -0.486. The molecule has 0 spiro atoms. The molecule has 5 nitrogen and oxygen atoms in total. The molecule has 0 bridgehead atoms. The molecule has 1 heterocycles. The molecule has 0 aromatic rings. The number of rotatable bonds is 3. The van der Waals surface area contributed by atoms with Gasteiger partial charge < -0.3 is 15.7 Å². The zero-order valence-corrected chi connectivity index (χ0v) is 10.0. The monoisotopic (exact) mass is 228 g/mol. The Kier molecular flexibility index (Phi) is 3.91. The Balaban J connectivity index is 2.61. The first-order chi connectivity index (χ1) is 7.32. The molecule has 1 amide bonds. The average Bonchev–Trinajstić information content (AvgIpc) is 2.63. The van der Waals surface area contributed by atoms with Crippen LogP contribution in [0.5, 0.6) is 0 Å². The number of aliphatic carboxylic acids is 1. The lowest BCUT2D eigenvalue weighted by atomic mass is 9.86. The normalized spacial score (nSPS) is 22.8. The lowest BCUT2D eigenvalue weighted by Crippen LogP contribution is -2.53. The van der Waals surface area contributed by atoms with Crippen LogP contribution in [0.1, 0.15) is 33.6 Å². The second-order valence-electron chi connectivity index (χ2n) is 5.29. The third-order valence-corrected chi connectivity index (χ3v) is 2.78. The van der Waals surface area contributed by atoms with Gasteiger partial charge in [0, 0.05) is 0 Å². The molecule has 1 aliphatic rings. The lowest BCUT2D eigenvalue weighted by molar-refractivity contribution is -0.145. The van der Waals surface area contributed by atoms with E-state index in [4.69, 9.17) is 5.11 Å². The summed E-state index contributed by atoms with van der Waals surface area (Å²) in [7, 11) is 0. The first-order valence-corrected chi connectivity index (χ1v) is 5.59. The summed E-state index contributed by atoms with van der Waals surface area (Å²) in [5.74, 6) is -1.20. The Bertz CT molecular complexity index is 277. The van der Waals surface area contributed by atoms with Gasteiger partial charge in [0.25, 0.3) is 0 Å². The number of hydrogen-bond donors (Lipinski definition) is 3. The summed E-state index contributed by atoms with van der Waals surface area (Å²) >= 11 is 0. The van der Waals surface area contributed by atoms with Crippen LogP contribution in [0.4, 0.5) is 0 Å². The van der Waals surface area contributed by atoms with E-state index in [-0.39, 0.29) is 11.9 Å². The Morgan fingerprint density at radius 2 is 2.06 bits per heavy atom. The highest BCUT2D eigenvalue weighted by atomic mass is 16.4. The first kappa shape index (κ1) is 13.0. The molecule has 0 aromatic heterocycles. The van der Waals surface area contributed by atoms with Crippen molar-refractivity contribution >= 4 is 11.9 Å². The largest absolute Gasteiger partial charge is 0.480 e. The van der Waals surface area contributed by atoms with Crippen LogP contribution in [0.3, 0.4) is 0 Å². The van der Waals surface area contributed by atoms with Crippen molar-refractivity contribution in [3.05, 3.63) is 0 Å². The Hall–Kier alpha value is -1.10.